The van der Waals surface area contributed by atoms with E-state index in [-0.39, 0.29) is 18.5 Å². The number of amides is 1. The molecule has 0 aliphatic carbocycles. The molecular formula is C20H24F3N3O3. The van der Waals surface area contributed by atoms with E-state index in [9.17, 15) is 18.0 Å². The number of nitrogens with zero attached hydrogens (tertiary/aromatic N) is 3. The lowest BCUT2D eigenvalue weighted by Gasteiger charge is -2.25. The molecule has 29 heavy (non-hydrogen) atoms. The molecule has 0 fully saturated rings. The number of hydrogen-bond acceptors (Lipinski definition) is 5. The van der Waals surface area contributed by atoms with E-state index >= 15 is 0 Å². The van der Waals surface area contributed by atoms with Gasteiger partial charge in [0.1, 0.15) is 11.4 Å². The number of pyridine rings is 1. The molecule has 1 heterocycles. The Morgan fingerprint density at radius 2 is 1.72 bits per heavy atom. The minimum absolute atomic E-state index is 0.0422. The first-order chi connectivity index (χ1) is 13.6. The Morgan fingerprint density at radius 1 is 1.07 bits per heavy atom. The zero-order valence-electron chi connectivity index (χ0n) is 16.7. The van der Waals surface area contributed by atoms with Gasteiger partial charge in [-0.05, 0) is 37.9 Å². The standard InChI is InChI=1S/C20H24F3N3O3/c1-25(2)16(14-8-10-15(11-9-14)29-19(27)26(3)4)12-13-28-18-7-5-6-17(24-18)20(21,22)23/h5-11,16H,12-13H2,1-4H3. The van der Waals surface area contributed by atoms with Crippen LogP contribution in [-0.4, -0.2) is 55.7 Å². The van der Waals surface area contributed by atoms with Crippen LogP contribution in [-0.2, 0) is 6.18 Å². The predicted octanol–water partition coefficient (Wildman–Crippen LogP) is 4.23. The third-order valence-corrected chi connectivity index (χ3v) is 4.11. The summed E-state index contributed by atoms with van der Waals surface area (Å²) in [5.74, 6) is 0.359. The molecule has 2 rings (SSSR count). The van der Waals surface area contributed by atoms with Gasteiger partial charge in [0.15, 0.2) is 0 Å². The van der Waals surface area contributed by atoms with E-state index in [1.165, 1.54) is 17.0 Å². The molecule has 1 aromatic carbocycles. The summed E-state index contributed by atoms with van der Waals surface area (Å²) in [5.41, 5.74) is -0.0257. The lowest BCUT2D eigenvalue weighted by atomic mass is 10.0. The highest BCUT2D eigenvalue weighted by atomic mass is 19.4. The second-order valence-corrected chi connectivity index (χ2v) is 6.81. The van der Waals surface area contributed by atoms with E-state index in [2.05, 4.69) is 4.98 Å². The Kier molecular flexibility index (Phi) is 7.44. The molecule has 0 N–H and O–H groups in total. The average Bonchev–Trinajstić information content (AvgIpc) is 2.65. The number of carbonyl (C=O) groups is 1. The monoisotopic (exact) mass is 411 g/mol. The molecule has 9 heteroatoms. The van der Waals surface area contributed by atoms with E-state index in [1.54, 1.807) is 26.2 Å². The van der Waals surface area contributed by atoms with Gasteiger partial charge in [0.25, 0.3) is 0 Å². The van der Waals surface area contributed by atoms with Crippen LogP contribution in [0.4, 0.5) is 18.0 Å². The van der Waals surface area contributed by atoms with Crippen molar-refractivity contribution in [2.45, 2.75) is 18.6 Å². The fourth-order valence-electron chi connectivity index (χ4n) is 2.60. The zero-order chi connectivity index (χ0) is 21.6. The molecule has 0 aliphatic heterocycles. The number of rotatable bonds is 7. The molecular weight excluding hydrogens is 387 g/mol. The first kappa shape index (κ1) is 22.5. The quantitative estimate of drug-likeness (QED) is 0.683. The van der Waals surface area contributed by atoms with Gasteiger partial charge in [-0.3, -0.25) is 0 Å². The van der Waals surface area contributed by atoms with Crippen molar-refractivity contribution in [3.63, 3.8) is 0 Å². The van der Waals surface area contributed by atoms with Crippen molar-refractivity contribution in [3.05, 3.63) is 53.7 Å². The lowest BCUT2D eigenvalue weighted by molar-refractivity contribution is -0.141. The number of aromatic nitrogens is 1. The van der Waals surface area contributed by atoms with Gasteiger partial charge in [-0.25, -0.2) is 9.78 Å². The molecule has 0 saturated heterocycles. The van der Waals surface area contributed by atoms with E-state index in [0.717, 1.165) is 11.6 Å². The van der Waals surface area contributed by atoms with E-state index in [1.807, 2.05) is 31.1 Å². The van der Waals surface area contributed by atoms with Gasteiger partial charge in [-0.15, -0.1) is 0 Å². The fourth-order valence-corrected chi connectivity index (χ4v) is 2.60. The number of ether oxygens (including phenoxy) is 2. The molecule has 1 amide bonds. The maximum atomic E-state index is 12.7. The SMILES string of the molecule is CN(C)C(=O)Oc1ccc(C(CCOc2cccc(C(F)(F)F)n2)N(C)C)cc1. The van der Waals surface area contributed by atoms with Crippen molar-refractivity contribution in [3.8, 4) is 11.6 Å². The van der Waals surface area contributed by atoms with Gasteiger partial charge in [0.05, 0.1) is 6.61 Å². The second kappa shape index (κ2) is 9.60. The number of benzene rings is 1. The molecule has 2 aromatic rings. The minimum Gasteiger partial charge on any atom is -0.478 e. The Bertz CT molecular complexity index is 809. The maximum Gasteiger partial charge on any atom is 0.433 e. The third kappa shape index (κ3) is 6.63. The number of alkyl halides is 3. The molecule has 0 saturated carbocycles. The average molecular weight is 411 g/mol. The highest BCUT2D eigenvalue weighted by Gasteiger charge is 2.32. The van der Waals surface area contributed by atoms with Crippen molar-refractivity contribution < 1.29 is 27.4 Å². The van der Waals surface area contributed by atoms with Crippen LogP contribution < -0.4 is 9.47 Å². The largest absolute Gasteiger partial charge is 0.478 e. The fraction of sp³-hybridized carbons (Fsp3) is 0.400. The second-order valence-electron chi connectivity index (χ2n) is 6.81. The molecule has 158 valence electrons. The molecule has 6 nitrogen and oxygen atoms in total. The molecule has 1 atom stereocenters. The summed E-state index contributed by atoms with van der Waals surface area (Å²) in [6.45, 7) is 0.189. The van der Waals surface area contributed by atoms with Gasteiger partial charge in [-0.2, -0.15) is 13.2 Å². The summed E-state index contributed by atoms with van der Waals surface area (Å²) in [6, 6.07) is 10.6. The summed E-state index contributed by atoms with van der Waals surface area (Å²) in [4.78, 5) is 18.4. The molecule has 1 unspecified atom stereocenters. The van der Waals surface area contributed by atoms with E-state index < -0.39 is 18.0 Å². The van der Waals surface area contributed by atoms with Crippen molar-refractivity contribution in [2.24, 2.45) is 0 Å². The van der Waals surface area contributed by atoms with Crippen LogP contribution in [0.5, 0.6) is 11.6 Å². The van der Waals surface area contributed by atoms with Gasteiger partial charge < -0.3 is 19.3 Å². The smallest absolute Gasteiger partial charge is 0.433 e. The van der Waals surface area contributed by atoms with Crippen LogP contribution in [0.2, 0.25) is 0 Å². The van der Waals surface area contributed by atoms with E-state index in [4.69, 9.17) is 9.47 Å². The van der Waals surface area contributed by atoms with Crippen LogP contribution in [0.3, 0.4) is 0 Å². The minimum atomic E-state index is -4.51. The van der Waals surface area contributed by atoms with Gasteiger partial charge >= 0.3 is 12.3 Å². The summed E-state index contributed by atoms with van der Waals surface area (Å²) < 4.78 is 48.9. The van der Waals surface area contributed by atoms with Crippen molar-refractivity contribution in [1.29, 1.82) is 0 Å². The first-order valence-electron chi connectivity index (χ1n) is 8.90. The molecule has 0 spiro atoms. The summed E-state index contributed by atoms with van der Waals surface area (Å²) in [7, 11) is 6.98. The topological polar surface area (TPSA) is 54.9 Å². The normalized spacial score (nSPS) is 12.6. The Labute approximate surface area is 167 Å². The van der Waals surface area contributed by atoms with Gasteiger partial charge in [0, 0.05) is 32.6 Å². The molecule has 0 bridgehead atoms. The maximum absolute atomic E-state index is 12.7. The van der Waals surface area contributed by atoms with Gasteiger partial charge in [0.2, 0.25) is 5.88 Å². The van der Waals surface area contributed by atoms with Gasteiger partial charge in [-0.1, -0.05) is 18.2 Å². The van der Waals surface area contributed by atoms with Crippen molar-refractivity contribution >= 4 is 6.09 Å². The Hall–Kier alpha value is -2.81. The third-order valence-electron chi connectivity index (χ3n) is 4.11. The summed E-state index contributed by atoms with van der Waals surface area (Å²) in [6.07, 6.45) is -4.45. The summed E-state index contributed by atoms with van der Waals surface area (Å²) in [5, 5.41) is 0. The Morgan fingerprint density at radius 3 is 2.28 bits per heavy atom. The highest BCUT2D eigenvalue weighted by molar-refractivity contribution is 5.69. The molecule has 0 aliphatic rings. The Balaban J connectivity index is 1.99. The predicted molar refractivity (Wildman–Crippen MR) is 102 cm³/mol. The number of hydrogen-bond donors (Lipinski definition) is 0. The molecule has 1 aromatic heterocycles. The number of halogens is 3. The van der Waals surface area contributed by atoms with Crippen LogP contribution in [0.25, 0.3) is 0 Å². The van der Waals surface area contributed by atoms with E-state index in [0.29, 0.717) is 12.2 Å². The van der Waals surface area contributed by atoms with Crippen LogP contribution in [0.1, 0.15) is 23.7 Å². The van der Waals surface area contributed by atoms with Crippen LogP contribution >= 0.6 is 0 Å². The lowest BCUT2D eigenvalue weighted by Crippen LogP contribution is -2.25. The molecule has 0 radical (unpaired) electrons. The first-order valence-corrected chi connectivity index (χ1v) is 8.90. The zero-order valence-corrected chi connectivity index (χ0v) is 16.7. The van der Waals surface area contributed by atoms with Crippen LogP contribution in [0, 0.1) is 0 Å². The summed E-state index contributed by atoms with van der Waals surface area (Å²) >= 11 is 0. The van der Waals surface area contributed by atoms with Crippen LogP contribution in [0.15, 0.2) is 42.5 Å². The number of carbonyl (C=O) groups excluding carboxylic acids is 1. The highest BCUT2D eigenvalue weighted by Crippen LogP contribution is 2.29. The van der Waals surface area contributed by atoms with Crippen molar-refractivity contribution in [2.75, 3.05) is 34.8 Å². The van der Waals surface area contributed by atoms with Crippen molar-refractivity contribution in [1.82, 2.24) is 14.8 Å².